The highest BCUT2D eigenvalue weighted by Gasteiger charge is 1.94. The predicted molar refractivity (Wildman–Crippen MR) is 57.3 cm³/mol. The van der Waals surface area contributed by atoms with Crippen LogP contribution in [-0.4, -0.2) is 19.2 Å². The molecule has 0 N–H and O–H groups in total. The van der Waals surface area contributed by atoms with Crippen molar-refractivity contribution in [1.82, 2.24) is 0 Å². The molecular formula is C12H16O3. The van der Waals surface area contributed by atoms with E-state index < -0.39 is 0 Å². The van der Waals surface area contributed by atoms with Crippen LogP contribution in [0.25, 0.3) is 0 Å². The molecule has 0 radical (unpaired) electrons. The normalized spacial score (nSPS) is 9.93. The first-order chi connectivity index (χ1) is 7.29. The largest absolute Gasteiger partial charge is 0.466 e. The van der Waals surface area contributed by atoms with E-state index in [1.165, 1.54) is 6.92 Å². The number of hydrogen-bond donors (Lipinski definition) is 0. The highest BCUT2D eigenvalue weighted by atomic mass is 16.5. The number of rotatable bonds is 6. The average Bonchev–Trinajstić information content (AvgIpc) is 2.24. The van der Waals surface area contributed by atoms with Crippen LogP contribution in [0.15, 0.2) is 30.3 Å². The molecule has 0 aromatic heterocycles. The van der Waals surface area contributed by atoms with Gasteiger partial charge in [0.15, 0.2) is 0 Å². The van der Waals surface area contributed by atoms with Crippen molar-refractivity contribution in [3.63, 3.8) is 0 Å². The van der Waals surface area contributed by atoms with E-state index in [0.717, 1.165) is 12.0 Å². The van der Waals surface area contributed by atoms with Gasteiger partial charge < -0.3 is 9.47 Å². The SMILES string of the molecule is CC(=O)OCCCOCc1ccccc1. The van der Waals surface area contributed by atoms with Gasteiger partial charge in [0.25, 0.3) is 0 Å². The van der Waals surface area contributed by atoms with Crippen molar-refractivity contribution in [2.24, 2.45) is 0 Å². The molecule has 0 saturated carbocycles. The van der Waals surface area contributed by atoms with Gasteiger partial charge in [-0.25, -0.2) is 0 Å². The fourth-order valence-electron chi connectivity index (χ4n) is 1.14. The second-order valence-corrected chi connectivity index (χ2v) is 3.23. The maximum Gasteiger partial charge on any atom is 0.302 e. The zero-order valence-electron chi connectivity index (χ0n) is 8.94. The van der Waals surface area contributed by atoms with Crippen molar-refractivity contribution >= 4 is 5.97 Å². The molecule has 82 valence electrons. The van der Waals surface area contributed by atoms with Gasteiger partial charge in [-0.3, -0.25) is 4.79 Å². The van der Waals surface area contributed by atoms with Crippen LogP contribution in [0.4, 0.5) is 0 Å². The van der Waals surface area contributed by atoms with Gasteiger partial charge in [0.05, 0.1) is 19.8 Å². The van der Waals surface area contributed by atoms with Crippen LogP contribution in [0.3, 0.4) is 0 Å². The lowest BCUT2D eigenvalue weighted by atomic mass is 10.2. The molecule has 0 atom stereocenters. The van der Waals surface area contributed by atoms with Crippen LogP contribution in [0, 0.1) is 0 Å². The van der Waals surface area contributed by atoms with Crippen LogP contribution in [-0.2, 0) is 20.9 Å². The summed E-state index contributed by atoms with van der Waals surface area (Å²) in [6.07, 6.45) is 0.742. The van der Waals surface area contributed by atoms with Crippen LogP contribution in [0.5, 0.6) is 0 Å². The van der Waals surface area contributed by atoms with Gasteiger partial charge in [-0.15, -0.1) is 0 Å². The maximum absolute atomic E-state index is 10.4. The van der Waals surface area contributed by atoms with E-state index >= 15 is 0 Å². The number of esters is 1. The number of hydrogen-bond acceptors (Lipinski definition) is 3. The van der Waals surface area contributed by atoms with E-state index in [1.807, 2.05) is 30.3 Å². The standard InChI is InChI=1S/C12H16O3/c1-11(13)15-9-5-8-14-10-12-6-3-2-4-7-12/h2-4,6-7H,5,8-10H2,1H3. The molecule has 0 heterocycles. The quantitative estimate of drug-likeness (QED) is 0.531. The summed E-state index contributed by atoms with van der Waals surface area (Å²) in [6, 6.07) is 9.98. The van der Waals surface area contributed by atoms with Crippen molar-refractivity contribution < 1.29 is 14.3 Å². The summed E-state index contributed by atoms with van der Waals surface area (Å²) < 4.78 is 10.2. The van der Waals surface area contributed by atoms with Gasteiger partial charge in [-0.2, -0.15) is 0 Å². The fraction of sp³-hybridized carbons (Fsp3) is 0.417. The minimum absolute atomic E-state index is 0.238. The molecule has 3 nitrogen and oxygen atoms in total. The van der Waals surface area contributed by atoms with Crippen LogP contribution >= 0.6 is 0 Å². The van der Waals surface area contributed by atoms with E-state index in [4.69, 9.17) is 9.47 Å². The highest BCUT2D eigenvalue weighted by molar-refractivity contribution is 5.65. The summed E-state index contributed by atoms with van der Waals surface area (Å²) in [5.74, 6) is -0.238. The lowest BCUT2D eigenvalue weighted by molar-refractivity contribution is -0.141. The average molecular weight is 208 g/mol. The zero-order valence-corrected chi connectivity index (χ0v) is 8.94. The van der Waals surface area contributed by atoms with E-state index in [2.05, 4.69) is 0 Å². The molecule has 0 spiro atoms. The van der Waals surface area contributed by atoms with E-state index in [0.29, 0.717) is 19.8 Å². The number of ether oxygens (including phenoxy) is 2. The van der Waals surface area contributed by atoms with Gasteiger partial charge >= 0.3 is 5.97 Å². The van der Waals surface area contributed by atoms with Crippen molar-refractivity contribution in [1.29, 1.82) is 0 Å². The number of benzene rings is 1. The Bertz CT molecular complexity index is 282. The lowest BCUT2D eigenvalue weighted by Crippen LogP contribution is -2.04. The van der Waals surface area contributed by atoms with Crippen LogP contribution in [0.2, 0.25) is 0 Å². The molecule has 0 bridgehead atoms. The summed E-state index contributed by atoms with van der Waals surface area (Å²) in [7, 11) is 0. The molecule has 0 amide bonds. The first kappa shape index (κ1) is 11.7. The smallest absolute Gasteiger partial charge is 0.302 e. The summed E-state index contributed by atoms with van der Waals surface area (Å²) in [4.78, 5) is 10.4. The second kappa shape index (κ2) is 7.01. The van der Waals surface area contributed by atoms with Gasteiger partial charge in [0, 0.05) is 13.3 Å². The van der Waals surface area contributed by atoms with Crippen molar-refractivity contribution in [3.05, 3.63) is 35.9 Å². The molecule has 3 heteroatoms. The Kier molecular flexibility index (Phi) is 5.48. The summed E-state index contributed by atoms with van der Waals surface area (Å²) in [6.45, 7) is 3.07. The second-order valence-electron chi connectivity index (χ2n) is 3.23. The first-order valence-electron chi connectivity index (χ1n) is 5.04. The number of carbonyl (C=O) groups is 1. The monoisotopic (exact) mass is 208 g/mol. The molecule has 0 fully saturated rings. The molecule has 15 heavy (non-hydrogen) atoms. The van der Waals surface area contributed by atoms with E-state index in [1.54, 1.807) is 0 Å². The summed E-state index contributed by atoms with van der Waals surface area (Å²) in [5.41, 5.74) is 1.16. The summed E-state index contributed by atoms with van der Waals surface area (Å²) >= 11 is 0. The molecular weight excluding hydrogens is 192 g/mol. The fourth-order valence-corrected chi connectivity index (χ4v) is 1.14. The zero-order chi connectivity index (χ0) is 10.9. The topological polar surface area (TPSA) is 35.5 Å². The third-order valence-electron chi connectivity index (χ3n) is 1.85. The molecule has 1 aromatic carbocycles. The number of carbonyl (C=O) groups excluding carboxylic acids is 1. The van der Waals surface area contributed by atoms with Crippen LogP contribution in [0.1, 0.15) is 18.9 Å². The molecule has 0 unspecified atom stereocenters. The molecule has 0 aliphatic heterocycles. The van der Waals surface area contributed by atoms with Crippen molar-refractivity contribution in [2.75, 3.05) is 13.2 Å². The van der Waals surface area contributed by atoms with Gasteiger partial charge in [0.1, 0.15) is 0 Å². The minimum atomic E-state index is -0.238. The Hall–Kier alpha value is -1.35. The molecule has 0 aliphatic rings. The third kappa shape index (κ3) is 5.86. The van der Waals surface area contributed by atoms with Crippen molar-refractivity contribution in [3.8, 4) is 0 Å². The molecule has 0 aliphatic carbocycles. The Morgan fingerprint density at radius 2 is 1.93 bits per heavy atom. The minimum Gasteiger partial charge on any atom is -0.466 e. The Balaban J connectivity index is 2.00. The van der Waals surface area contributed by atoms with Crippen LogP contribution < -0.4 is 0 Å². The Labute approximate surface area is 90.0 Å². The molecule has 1 rings (SSSR count). The first-order valence-corrected chi connectivity index (χ1v) is 5.04. The highest BCUT2D eigenvalue weighted by Crippen LogP contribution is 2.00. The predicted octanol–water partition coefficient (Wildman–Crippen LogP) is 2.16. The summed E-state index contributed by atoms with van der Waals surface area (Å²) in [5, 5.41) is 0. The Morgan fingerprint density at radius 1 is 1.20 bits per heavy atom. The molecule has 1 aromatic rings. The lowest BCUT2D eigenvalue weighted by Gasteiger charge is -2.04. The van der Waals surface area contributed by atoms with Gasteiger partial charge in [-0.05, 0) is 5.56 Å². The van der Waals surface area contributed by atoms with Gasteiger partial charge in [0.2, 0.25) is 0 Å². The Morgan fingerprint density at radius 3 is 2.60 bits per heavy atom. The third-order valence-corrected chi connectivity index (χ3v) is 1.85. The van der Waals surface area contributed by atoms with Gasteiger partial charge in [-0.1, -0.05) is 30.3 Å². The van der Waals surface area contributed by atoms with E-state index in [9.17, 15) is 4.79 Å². The maximum atomic E-state index is 10.4. The van der Waals surface area contributed by atoms with E-state index in [-0.39, 0.29) is 5.97 Å². The van der Waals surface area contributed by atoms with Crippen molar-refractivity contribution in [2.45, 2.75) is 20.0 Å². The molecule has 0 saturated heterocycles.